The number of hydrogen-bond acceptors (Lipinski definition) is 3. The molecule has 1 aliphatic heterocycles. The lowest BCUT2D eigenvalue weighted by Crippen LogP contribution is -2.34. The van der Waals surface area contributed by atoms with Gasteiger partial charge in [-0.15, -0.1) is 11.3 Å². The van der Waals surface area contributed by atoms with E-state index in [4.69, 9.17) is 16.7 Å². The molecular weight excluding hydrogens is 258 g/mol. The zero-order valence-electron chi connectivity index (χ0n) is 9.89. The summed E-state index contributed by atoms with van der Waals surface area (Å²) in [7, 11) is 0. The van der Waals surface area contributed by atoms with Gasteiger partial charge in [-0.3, -0.25) is 9.69 Å². The van der Waals surface area contributed by atoms with Crippen molar-refractivity contribution < 1.29 is 9.90 Å². The molecule has 0 spiro atoms. The lowest BCUT2D eigenvalue weighted by molar-refractivity contribution is -0.142. The summed E-state index contributed by atoms with van der Waals surface area (Å²) in [6.45, 7) is 4.95. The van der Waals surface area contributed by atoms with Crippen LogP contribution in [0.2, 0.25) is 4.34 Å². The van der Waals surface area contributed by atoms with Crippen LogP contribution in [0, 0.1) is 5.92 Å². The Balaban J connectivity index is 2.11. The molecule has 1 aromatic heterocycles. The van der Waals surface area contributed by atoms with Crippen LogP contribution < -0.4 is 0 Å². The zero-order chi connectivity index (χ0) is 12.6. The van der Waals surface area contributed by atoms with E-state index in [0.717, 1.165) is 17.3 Å². The van der Waals surface area contributed by atoms with Crippen molar-refractivity contribution in [1.82, 2.24) is 4.90 Å². The normalized spacial score (nSPS) is 27.2. The van der Waals surface area contributed by atoms with Gasteiger partial charge in [0.05, 0.1) is 10.3 Å². The van der Waals surface area contributed by atoms with Crippen LogP contribution in [-0.4, -0.2) is 28.6 Å². The minimum atomic E-state index is -0.685. The molecule has 1 aromatic rings. The Hall–Kier alpha value is -0.580. The predicted molar refractivity (Wildman–Crippen MR) is 69.7 cm³/mol. The van der Waals surface area contributed by atoms with Gasteiger partial charge in [0.15, 0.2) is 0 Å². The largest absolute Gasteiger partial charge is 0.481 e. The highest BCUT2D eigenvalue weighted by Gasteiger charge is 2.38. The van der Waals surface area contributed by atoms with Crippen molar-refractivity contribution in [3.8, 4) is 0 Å². The van der Waals surface area contributed by atoms with Crippen LogP contribution in [0.4, 0.5) is 0 Å². The zero-order valence-corrected chi connectivity index (χ0v) is 11.5. The average Bonchev–Trinajstić information content (AvgIpc) is 2.83. The highest BCUT2D eigenvalue weighted by Crippen LogP contribution is 2.35. The molecule has 0 saturated carbocycles. The maximum atomic E-state index is 11.1. The van der Waals surface area contributed by atoms with Crippen LogP contribution in [0.5, 0.6) is 0 Å². The van der Waals surface area contributed by atoms with Crippen molar-refractivity contribution >= 4 is 28.9 Å². The first-order valence-corrected chi connectivity index (χ1v) is 6.99. The van der Waals surface area contributed by atoms with Gasteiger partial charge in [0.1, 0.15) is 0 Å². The van der Waals surface area contributed by atoms with Gasteiger partial charge in [-0.1, -0.05) is 11.6 Å². The molecule has 2 rings (SSSR count). The molecule has 3 unspecified atom stereocenters. The molecule has 0 aliphatic carbocycles. The Morgan fingerprint density at radius 1 is 1.71 bits per heavy atom. The number of aliphatic carboxylic acids is 1. The number of carboxylic acids is 1. The standard InChI is InChI=1S/C12H16ClNO2S/c1-7(9-5-11(13)17-6-9)14-4-3-10(8(14)2)12(15)16/h5-8,10H,3-4H2,1-2H3,(H,15,16). The van der Waals surface area contributed by atoms with Gasteiger partial charge >= 0.3 is 5.97 Å². The molecule has 3 atom stereocenters. The smallest absolute Gasteiger partial charge is 0.308 e. The highest BCUT2D eigenvalue weighted by molar-refractivity contribution is 7.14. The second kappa shape index (κ2) is 4.96. The summed E-state index contributed by atoms with van der Waals surface area (Å²) in [5, 5.41) is 11.2. The number of carboxylic acid groups (broad SMARTS) is 1. The van der Waals surface area contributed by atoms with Crippen LogP contribution >= 0.6 is 22.9 Å². The topological polar surface area (TPSA) is 40.5 Å². The number of likely N-dealkylation sites (tertiary alicyclic amines) is 1. The second-order valence-corrected chi connectivity index (χ2v) is 6.11. The molecule has 0 bridgehead atoms. The summed E-state index contributed by atoms with van der Waals surface area (Å²) >= 11 is 7.45. The molecule has 0 amide bonds. The molecule has 94 valence electrons. The lowest BCUT2D eigenvalue weighted by Gasteiger charge is -2.29. The maximum Gasteiger partial charge on any atom is 0.308 e. The summed E-state index contributed by atoms with van der Waals surface area (Å²) in [6.07, 6.45) is 0.735. The van der Waals surface area contributed by atoms with Crippen molar-refractivity contribution in [2.24, 2.45) is 5.92 Å². The third-order valence-electron chi connectivity index (χ3n) is 3.69. The van der Waals surface area contributed by atoms with Gasteiger partial charge in [0, 0.05) is 12.1 Å². The van der Waals surface area contributed by atoms with Crippen molar-refractivity contribution in [3.05, 3.63) is 21.3 Å². The van der Waals surface area contributed by atoms with E-state index in [1.54, 1.807) is 0 Å². The van der Waals surface area contributed by atoms with E-state index in [-0.39, 0.29) is 18.0 Å². The number of rotatable bonds is 3. The molecule has 5 heteroatoms. The van der Waals surface area contributed by atoms with Gasteiger partial charge < -0.3 is 5.11 Å². The first kappa shape index (κ1) is 12.9. The Morgan fingerprint density at radius 2 is 2.41 bits per heavy atom. The van der Waals surface area contributed by atoms with Crippen molar-refractivity contribution in [1.29, 1.82) is 0 Å². The summed E-state index contributed by atoms with van der Waals surface area (Å²) in [6, 6.07) is 2.29. The Kier molecular flexibility index (Phi) is 3.76. The highest BCUT2D eigenvalue weighted by atomic mass is 35.5. The quantitative estimate of drug-likeness (QED) is 0.919. The molecule has 1 aliphatic rings. The van der Waals surface area contributed by atoms with E-state index in [2.05, 4.69) is 11.8 Å². The van der Waals surface area contributed by atoms with E-state index in [1.165, 1.54) is 16.9 Å². The molecule has 0 radical (unpaired) electrons. The van der Waals surface area contributed by atoms with Crippen LogP contribution in [0.15, 0.2) is 11.4 Å². The SMILES string of the molecule is CC(c1csc(Cl)c1)N1CCC(C(=O)O)C1C. The van der Waals surface area contributed by atoms with Gasteiger partial charge in [-0.2, -0.15) is 0 Å². The van der Waals surface area contributed by atoms with Crippen LogP contribution in [0.3, 0.4) is 0 Å². The minimum Gasteiger partial charge on any atom is -0.481 e. The van der Waals surface area contributed by atoms with Crippen LogP contribution in [0.1, 0.15) is 31.9 Å². The average molecular weight is 274 g/mol. The molecule has 17 heavy (non-hydrogen) atoms. The van der Waals surface area contributed by atoms with Gasteiger partial charge in [0.25, 0.3) is 0 Å². The summed E-state index contributed by atoms with van der Waals surface area (Å²) < 4.78 is 0.786. The molecule has 1 N–H and O–H groups in total. The Bertz CT molecular complexity index is 420. The predicted octanol–water partition coefficient (Wildman–Crippen LogP) is 3.26. The molecular formula is C12H16ClNO2S. The van der Waals surface area contributed by atoms with E-state index in [1.807, 2.05) is 18.4 Å². The molecule has 0 aromatic carbocycles. The molecule has 2 heterocycles. The van der Waals surface area contributed by atoms with E-state index >= 15 is 0 Å². The summed E-state index contributed by atoms with van der Waals surface area (Å²) in [5.74, 6) is -0.929. The third-order valence-corrected chi connectivity index (χ3v) is 4.80. The summed E-state index contributed by atoms with van der Waals surface area (Å²) in [5.41, 5.74) is 1.18. The lowest BCUT2D eigenvalue weighted by atomic mass is 10.0. The third kappa shape index (κ3) is 2.49. The van der Waals surface area contributed by atoms with Gasteiger partial charge in [0.2, 0.25) is 0 Å². The second-order valence-electron chi connectivity index (χ2n) is 4.57. The Morgan fingerprint density at radius 3 is 2.88 bits per heavy atom. The van der Waals surface area contributed by atoms with E-state index in [9.17, 15) is 4.79 Å². The number of thiophene rings is 1. The number of nitrogens with zero attached hydrogens (tertiary/aromatic N) is 1. The van der Waals surface area contributed by atoms with Gasteiger partial charge in [-0.05, 0) is 43.8 Å². The van der Waals surface area contributed by atoms with Crippen LogP contribution in [0.25, 0.3) is 0 Å². The first-order valence-electron chi connectivity index (χ1n) is 5.73. The first-order chi connectivity index (χ1) is 8.00. The van der Waals surface area contributed by atoms with Crippen LogP contribution in [-0.2, 0) is 4.79 Å². The fraction of sp³-hybridized carbons (Fsp3) is 0.583. The van der Waals surface area contributed by atoms with E-state index in [0.29, 0.717) is 0 Å². The van der Waals surface area contributed by atoms with Crippen molar-refractivity contribution in [3.63, 3.8) is 0 Å². The van der Waals surface area contributed by atoms with E-state index < -0.39 is 5.97 Å². The monoisotopic (exact) mass is 273 g/mol. The number of halogens is 1. The molecule has 3 nitrogen and oxygen atoms in total. The maximum absolute atomic E-state index is 11.1. The minimum absolute atomic E-state index is 0.0844. The fourth-order valence-electron chi connectivity index (χ4n) is 2.57. The molecule has 1 saturated heterocycles. The van der Waals surface area contributed by atoms with Gasteiger partial charge in [-0.25, -0.2) is 0 Å². The van der Waals surface area contributed by atoms with Crippen molar-refractivity contribution in [2.75, 3.05) is 6.54 Å². The Labute approximate surface area is 110 Å². The molecule has 1 fully saturated rings. The summed E-state index contributed by atoms with van der Waals surface area (Å²) in [4.78, 5) is 13.3. The number of carbonyl (C=O) groups is 1. The number of hydrogen-bond donors (Lipinski definition) is 1. The fourth-order valence-corrected chi connectivity index (χ4v) is 3.55. The van der Waals surface area contributed by atoms with Crippen molar-refractivity contribution in [2.45, 2.75) is 32.4 Å².